The predicted molar refractivity (Wildman–Crippen MR) is 139 cm³/mol. The molecule has 0 saturated heterocycles. The summed E-state index contributed by atoms with van der Waals surface area (Å²) >= 11 is 6.24. The number of fused-ring (bicyclic) bond motifs is 1. The summed E-state index contributed by atoms with van der Waals surface area (Å²) in [5.74, 6) is 0.380. The molecule has 3 aromatic carbocycles. The Bertz CT molecular complexity index is 1340. The highest BCUT2D eigenvalue weighted by Gasteiger charge is 2.39. The zero-order valence-electron chi connectivity index (χ0n) is 20.0. The molecule has 0 radical (unpaired) electrons. The number of aryl methyl sites for hydroxylation is 1. The van der Waals surface area contributed by atoms with Crippen molar-refractivity contribution in [1.29, 1.82) is 0 Å². The van der Waals surface area contributed by atoms with E-state index >= 15 is 0 Å². The average Bonchev–Trinajstić information content (AvgIpc) is 2.85. The Kier molecular flexibility index (Phi) is 7.10. The third kappa shape index (κ3) is 5.31. The van der Waals surface area contributed by atoms with Gasteiger partial charge >= 0.3 is 0 Å². The van der Waals surface area contributed by atoms with Crippen LogP contribution in [0, 0.1) is 6.92 Å². The number of carbonyl (C=O) groups is 1. The van der Waals surface area contributed by atoms with Gasteiger partial charge in [-0.25, -0.2) is 8.42 Å². The third-order valence-corrected chi connectivity index (χ3v) is 8.44. The number of para-hydroxylation sites is 1. The van der Waals surface area contributed by atoms with Crippen LogP contribution in [0.2, 0.25) is 5.02 Å². The molecule has 8 heteroatoms. The Labute approximate surface area is 211 Å². The number of ether oxygens (including phenoxy) is 1. The number of anilines is 1. The maximum absolute atomic E-state index is 13.3. The number of benzene rings is 3. The van der Waals surface area contributed by atoms with Crippen LogP contribution >= 0.6 is 11.6 Å². The fraction of sp³-hybridized carbons (Fsp3) is 0.296. The Morgan fingerprint density at radius 1 is 1.06 bits per heavy atom. The molecule has 2 N–H and O–H groups in total. The molecule has 1 atom stereocenters. The van der Waals surface area contributed by atoms with Gasteiger partial charge in [-0.3, -0.25) is 9.52 Å². The van der Waals surface area contributed by atoms with Crippen molar-refractivity contribution < 1.29 is 17.9 Å². The number of hydrogen-bond donors (Lipinski definition) is 2. The molecule has 0 aromatic heterocycles. The van der Waals surface area contributed by atoms with Gasteiger partial charge in [0.2, 0.25) is 0 Å². The molecule has 0 saturated carbocycles. The topological polar surface area (TPSA) is 84.5 Å². The molecule has 0 aliphatic carbocycles. The second-order valence-electron chi connectivity index (χ2n) is 8.88. The largest absolute Gasteiger partial charge is 0.487 e. The monoisotopic (exact) mass is 512 g/mol. The van der Waals surface area contributed by atoms with Gasteiger partial charge in [-0.05, 0) is 56.2 Å². The van der Waals surface area contributed by atoms with E-state index in [4.69, 9.17) is 16.3 Å². The van der Waals surface area contributed by atoms with Gasteiger partial charge in [-0.1, -0.05) is 61.3 Å². The molecule has 1 aliphatic rings. The number of rotatable bonds is 7. The summed E-state index contributed by atoms with van der Waals surface area (Å²) in [5.41, 5.74) is 2.16. The van der Waals surface area contributed by atoms with Crippen molar-refractivity contribution in [2.45, 2.75) is 56.6 Å². The zero-order valence-corrected chi connectivity index (χ0v) is 21.5. The molecule has 0 spiro atoms. The highest BCUT2D eigenvalue weighted by molar-refractivity contribution is 7.92. The fourth-order valence-corrected chi connectivity index (χ4v) is 5.94. The van der Waals surface area contributed by atoms with Gasteiger partial charge in [-0.2, -0.15) is 0 Å². The standard InChI is InChI=1S/C27H29ClN2O4S/c1-4-27(5-2)17-23(21-8-6-7-9-24(21)34-27)29-26(31)19-12-15-22(28)25(16-19)35(32,33)30-20-13-10-18(3)11-14-20/h6-16,23,30H,4-5,17H2,1-3H3,(H,29,31). The van der Waals surface area contributed by atoms with Gasteiger partial charge in [0.15, 0.2) is 0 Å². The lowest BCUT2D eigenvalue weighted by atomic mass is 9.83. The van der Waals surface area contributed by atoms with Gasteiger partial charge in [-0.15, -0.1) is 0 Å². The minimum Gasteiger partial charge on any atom is -0.487 e. The lowest BCUT2D eigenvalue weighted by Crippen LogP contribution is -2.44. The van der Waals surface area contributed by atoms with Gasteiger partial charge in [0.25, 0.3) is 15.9 Å². The SMILES string of the molecule is CCC1(CC)CC(NC(=O)c2ccc(Cl)c(S(=O)(=O)Nc3ccc(C)cc3)c2)c2ccccc2O1. The normalized spacial score (nSPS) is 16.6. The van der Waals surface area contributed by atoms with Crippen molar-refractivity contribution in [1.82, 2.24) is 5.32 Å². The van der Waals surface area contributed by atoms with Crippen LogP contribution in [0.15, 0.2) is 71.6 Å². The van der Waals surface area contributed by atoms with Crippen LogP contribution < -0.4 is 14.8 Å². The van der Waals surface area contributed by atoms with Gasteiger partial charge in [0.05, 0.1) is 11.1 Å². The van der Waals surface area contributed by atoms with Gasteiger partial charge in [0.1, 0.15) is 16.2 Å². The van der Waals surface area contributed by atoms with Crippen molar-refractivity contribution in [2.75, 3.05) is 4.72 Å². The van der Waals surface area contributed by atoms with Crippen molar-refractivity contribution in [3.8, 4) is 5.75 Å². The minimum atomic E-state index is -4.00. The molecular weight excluding hydrogens is 484 g/mol. The zero-order chi connectivity index (χ0) is 25.2. The fourth-order valence-electron chi connectivity index (χ4n) is 4.35. The van der Waals surface area contributed by atoms with Crippen molar-refractivity contribution in [3.05, 3.63) is 88.4 Å². The molecule has 6 nitrogen and oxygen atoms in total. The molecular formula is C27H29ClN2O4S. The Balaban J connectivity index is 1.61. The first kappa shape index (κ1) is 25.1. The maximum atomic E-state index is 13.3. The van der Waals surface area contributed by atoms with Crippen LogP contribution in [-0.2, 0) is 10.0 Å². The lowest BCUT2D eigenvalue weighted by molar-refractivity contribution is 0.0227. The molecule has 184 valence electrons. The van der Waals surface area contributed by atoms with E-state index in [0.29, 0.717) is 12.1 Å². The molecule has 0 bridgehead atoms. The molecule has 1 amide bonds. The molecule has 1 aliphatic heterocycles. The van der Waals surface area contributed by atoms with E-state index < -0.39 is 10.0 Å². The third-order valence-electron chi connectivity index (χ3n) is 6.58. The first-order chi connectivity index (χ1) is 16.7. The summed E-state index contributed by atoms with van der Waals surface area (Å²) in [6.07, 6.45) is 2.23. The van der Waals surface area contributed by atoms with Crippen LogP contribution in [0.3, 0.4) is 0 Å². The van der Waals surface area contributed by atoms with Crippen LogP contribution in [0.25, 0.3) is 0 Å². The molecule has 0 fully saturated rings. The molecule has 4 rings (SSSR count). The van der Waals surface area contributed by atoms with Crippen LogP contribution in [0.1, 0.15) is 60.6 Å². The van der Waals surface area contributed by atoms with Crippen molar-refractivity contribution in [3.63, 3.8) is 0 Å². The maximum Gasteiger partial charge on any atom is 0.263 e. The second kappa shape index (κ2) is 9.91. The minimum absolute atomic E-state index is 0.0357. The van der Waals surface area contributed by atoms with E-state index in [0.717, 1.165) is 29.7 Å². The van der Waals surface area contributed by atoms with Crippen LogP contribution in [-0.4, -0.2) is 19.9 Å². The number of amides is 1. The highest BCUT2D eigenvalue weighted by Crippen LogP contribution is 2.42. The van der Waals surface area contributed by atoms with Crippen LogP contribution in [0.4, 0.5) is 5.69 Å². The van der Waals surface area contributed by atoms with E-state index in [2.05, 4.69) is 23.9 Å². The molecule has 3 aromatic rings. The summed E-state index contributed by atoms with van der Waals surface area (Å²) in [7, 11) is -4.00. The summed E-state index contributed by atoms with van der Waals surface area (Å²) in [6, 6.07) is 18.6. The lowest BCUT2D eigenvalue weighted by Gasteiger charge is -2.41. The first-order valence-corrected chi connectivity index (χ1v) is 13.5. The Morgan fingerprint density at radius 3 is 2.43 bits per heavy atom. The van der Waals surface area contributed by atoms with Crippen molar-refractivity contribution in [2.24, 2.45) is 0 Å². The quantitative estimate of drug-likeness (QED) is 0.391. The Morgan fingerprint density at radius 2 is 1.74 bits per heavy atom. The van der Waals surface area contributed by atoms with E-state index in [-0.39, 0.29) is 33.0 Å². The smallest absolute Gasteiger partial charge is 0.263 e. The number of nitrogens with one attached hydrogen (secondary N) is 2. The van der Waals surface area contributed by atoms with Crippen LogP contribution in [0.5, 0.6) is 5.75 Å². The van der Waals surface area contributed by atoms with E-state index in [9.17, 15) is 13.2 Å². The summed E-state index contributed by atoms with van der Waals surface area (Å²) in [5, 5.41) is 3.13. The number of carbonyl (C=O) groups excluding carboxylic acids is 1. The molecule has 1 heterocycles. The van der Waals surface area contributed by atoms with E-state index in [1.165, 1.54) is 18.2 Å². The first-order valence-electron chi connectivity index (χ1n) is 11.6. The van der Waals surface area contributed by atoms with Gasteiger partial charge < -0.3 is 10.1 Å². The number of hydrogen-bond acceptors (Lipinski definition) is 4. The summed E-state index contributed by atoms with van der Waals surface area (Å²) in [6.45, 7) is 6.07. The second-order valence-corrected chi connectivity index (χ2v) is 10.9. The summed E-state index contributed by atoms with van der Waals surface area (Å²) < 4.78 is 35.0. The van der Waals surface area contributed by atoms with Gasteiger partial charge in [0, 0.05) is 23.2 Å². The molecule has 1 unspecified atom stereocenters. The van der Waals surface area contributed by atoms with E-state index in [1.807, 2.05) is 43.3 Å². The average molecular weight is 513 g/mol. The number of halogens is 1. The Hall–Kier alpha value is -3.03. The summed E-state index contributed by atoms with van der Waals surface area (Å²) in [4.78, 5) is 13.1. The predicted octanol–water partition coefficient (Wildman–Crippen LogP) is 6.26. The molecule has 35 heavy (non-hydrogen) atoms. The number of sulfonamides is 1. The highest BCUT2D eigenvalue weighted by atomic mass is 35.5. The van der Waals surface area contributed by atoms with E-state index in [1.54, 1.807) is 12.1 Å². The van der Waals surface area contributed by atoms with Crippen molar-refractivity contribution >= 4 is 33.2 Å².